The molecule has 6 nitrogen and oxygen atoms in total. The summed E-state index contributed by atoms with van der Waals surface area (Å²) in [5.74, 6) is -2.88. The Bertz CT molecular complexity index is 1150. The summed E-state index contributed by atoms with van der Waals surface area (Å²) in [6, 6.07) is 15.1. The van der Waals surface area contributed by atoms with Gasteiger partial charge in [0.15, 0.2) is 0 Å². The molecule has 166 valence electrons. The van der Waals surface area contributed by atoms with Crippen molar-refractivity contribution in [2.45, 2.75) is 19.3 Å². The summed E-state index contributed by atoms with van der Waals surface area (Å²) in [5.41, 5.74) is 6.93. The number of nitrogens with one attached hydrogen (secondary N) is 1. The number of rotatable bonds is 3. The van der Waals surface area contributed by atoms with Gasteiger partial charge in [-0.2, -0.15) is 0 Å². The van der Waals surface area contributed by atoms with E-state index in [0.29, 0.717) is 0 Å². The van der Waals surface area contributed by atoms with Gasteiger partial charge in [-0.1, -0.05) is 54.1 Å². The maximum Gasteiger partial charge on any atom is 0.414 e. The zero-order chi connectivity index (χ0) is 22.7. The number of para-hydroxylation sites is 1. The van der Waals surface area contributed by atoms with E-state index in [-0.39, 0.29) is 0 Å². The number of H-pyrrole nitrogens is 1. The zero-order valence-corrected chi connectivity index (χ0v) is 18.3. The molecular formula is C25H25ClN2O4. The molecule has 0 bridgehead atoms. The zero-order valence-electron chi connectivity index (χ0n) is 17.6. The molecular weight excluding hydrogens is 428 g/mol. The molecule has 3 aromatic rings. The molecule has 0 spiro atoms. The molecule has 2 heterocycles. The third-order valence-corrected chi connectivity index (χ3v) is 6.45. The molecule has 1 aliphatic heterocycles. The molecule has 32 heavy (non-hydrogen) atoms. The summed E-state index contributed by atoms with van der Waals surface area (Å²) >= 11 is 6.31. The third kappa shape index (κ3) is 4.87. The first-order chi connectivity index (χ1) is 15.4. The van der Waals surface area contributed by atoms with Gasteiger partial charge in [0.05, 0.1) is 10.5 Å². The van der Waals surface area contributed by atoms with Crippen molar-refractivity contribution in [3.05, 3.63) is 76.5 Å². The minimum Gasteiger partial charge on any atom is -0.473 e. The maximum absolute atomic E-state index is 9.10. The monoisotopic (exact) mass is 452 g/mol. The van der Waals surface area contributed by atoms with Crippen molar-refractivity contribution in [3.63, 3.8) is 0 Å². The first kappa shape index (κ1) is 22.1. The van der Waals surface area contributed by atoms with E-state index < -0.39 is 11.9 Å². The van der Waals surface area contributed by atoms with Crippen molar-refractivity contribution >= 4 is 40.0 Å². The van der Waals surface area contributed by atoms with Crippen LogP contribution in [0.3, 0.4) is 0 Å². The highest BCUT2D eigenvalue weighted by Gasteiger charge is 2.24. The topological polar surface area (TPSA) is 93.6 Å². The van der Waals surface area contributed by atoms with Crippen LogP contribution in [0.2, 0.25) is 5.02 Å². The first-order valence-corrected chi connectivity index (χ1v) is 11.0. The van der Waals surface area contributed by atoms with Crippen LogP contribution in [0.5, 0.6) is 0 Å². The number of carbonyl (C=O) groups is 2. The summed E-state index contributed by atoms with van der Waals surface area (Å²) in [7, 11) is 0. The normalized spacial score (nSPS) is 16.2. The lowest BCUT2D eigenvalue weighted by atomic mass is 9.97. The van der Waals surface area contributed by atoms with E-state index in [1.165, 1.54) is 35.9 Å². The summed E-state index contributed by atoms with van der Waals surface area (Å²) < 4.78 is 0. The van der Waals surface area contributed by atoms with Gasteiger partial charge in [0.1, 0.15) is 0 Å². The van der Waals surface area contributed by atoms with E-state index in [0.717, 1.165) is 36.0 Å². The van der Waals surface area contributed by atoms with Crippen LogP contribution in [0.15, 0.2) is 54.7 Å². The lowest BCUT2D eigenvalue weighted by molar-refractivity contribution is -0.159. The Morgan fingerprint density at radius 2 is 1.72 bits per heavy atom. The smallest absolute Gasteiger partial charge is 0.414 e. The maximum atomic E-state index is 9.10. The standard InChI is InChI=1S/C23H23ClN2.C2H2O4/c24-22-7-3-6-20-21(14-25-23(20)22)17-8-10-26(11-9-17)15-16-12-18-4-1-2-5-19(18)13-16;3-1(4)2(5)6/h1-8,14,16,25H,9-13,15H2;(H,3,4)(H,5,6). The van der Waals surface area contributed by atoms with Crippen LogP contribution in [0, 0.1) is 5.92 Å². The Labute approximate surface area is 191 Å². The number of aliphatic carboxylic acids is 2. The third-order valence-electron chi connectivity index (χ3n) is 6.14. The SMILES string of the molecule is Clc1cccc2c(C3=CCN(CC4Cc5ccccc5C4)CC3)c[nH]c12.O=C(O)C(=O)O. The number of aromatic amines is 1. The molecule has 0 radical (unpaired) electrons. The number of nitrogens with zero attached hydrogens (tertiary/aromatic N) is 1. The average molecular weight is 453 g/mol. The fourth-order valence-electron chi connectivity index (χ4n) is 4.65. The molecule has 0 saturated heterocycles. The van der Waals surface area contributed by atoms with Crippen molar-refractivity contribution in [1.29, 1.82) is 0 Å². The summed E-state index contributed by atoms with van der Waals surface area (Å²) in [6.07, 6.45) is 8.12. The molecule has 5 rings (SSSR count). The van der Waals surface area contributed by atoms with E-state index in [2.05, 4.69) is 52.5 Å². The van der Waals surface area contributed by atoms with E-state index in [4.69, 9.17) is 31.4 Å². The molecule has 2 aromatic carbocycles. The molecule has 7 heteroatoms. The van der Waals surface area contributed by atoms with Crippen molar-refractivity contribution in [2.75, 3.05) is 19.6 Å². The fraction of sp³-hybridized carbons (Fsp3) is 0.280. The number of fused-ring (bicyclic) bond motifs is 2. The number of hydrogen-bond acceptors (Lipinski definition) is 3. The summed E-state index contributed by atoms with van der Waals surface area (Å²) in [5, 5.41) is 16.8. The highest BCUT2D eigenvalue weighted by atomic mass is 35.5. The van der Waals surface area contributed by atoms with Crippen molar-refractivity contribution in [2.24, 2.45) is 5.92 Å². The van der Waals surface area contributed by atoms with Crippen molar-refractivity contribution < 1.29 is 19.8 Å². The van der Waals surface area contributed by atoms with E-state index in [9.17, 15) is 0 Å². The average Bonchev–Trinajstić information content (AvgIpc) is 3.39. The Kier molecular flexibility index (Phi) is 6.63. The number of carboxylic acids is 2. The lowest BCUT2D eigenvalue weighted by Gasteiger charge is -2.28. The van der Waals surface area contributed by atoms with Crippen LogP contribution in [-0.2, 0) is 22.4 Å². The first-order valence-electron chi connectivity index (χ1n) is 10.6. The molecule has 0 unspecified atom stereocenters. The molecule has 0 amide bonds. The molecule has 0 atom stereocenters. The van der Waals surface area contributed by atoms with Gasteiger partial charge in [-0.25, -0.2) is 9.59 Å². The van der Waals surface area contributed by atoms with Crippen LogP contribution >= 0.6 is 11.6 Å². The van der Waals surface area contributed by atoms with Gasteiger partial charge in [-0.05, 0) is 47.9 Å². The molecule has 1 aliphatic carbocycles. The Balaban J connectivity index is 0.000000363. The Hall–Kier alpha value is -3.09. The van der Waals surface area contributed by atoms with Crippen LogP contribution in [0.1, 0.15) is 23.1 Å². The van der Waals surface area contributed by atoms with Gasteiger partial charge < -0.3 is 15.2 Å². The minimum atomic E-state index is -1.82. The van der Waals surface area contributed by atoms with E-state index >= 15 is 0 Å². The number of hydrogen-bond donors (Lipinski definition) is 3. The lowest BCUT2D eigenvalue weighted by Crippen LogP contribution is -2.33. The molecule has 3 N–H and O–H groups in total. The molecule has 2 aliphatic rings. The number of benzene rings is 2. The van der Waals surface area contributed by atoms with Crippen molar-refractivity contribution in [3.8, 4) is 0 Å². The van der Waals surface area contributed by atoms with Crippen LogP contribution in [-0.4, -0.2) is 51.7 Å². The van der Waals surface area contributed by atoms with Gasteiger partial charge in [-0.3, -0.25) is 4.90 Å². The highest BCUT2D eigenvalue weighted by Crippen LogP contribution is 2.33. The Morgan fingerprint density at radius 3 is 2.31 bits per heavy atom. The second kappa shape index (κ2) is 9.59. The van der Waals surface area contributed by atoms with Gasteiger partial charge in [0.25, 0.3) is 0 Å². The number of halogens is 1. The van der Waals surface area contributed by atoms with Gasteiger partial charge >= 0.3 is 11.9 Å². The van der Waals surface area contributed by atoms with Gasteiger partial charge in [0, 0.05) is 36.8 Å². The highest BCUT2D eigenvalue weighted by molar-refractivity contribution is 6.35. The minimum absolute atomic E-state index is 0.772. The predicted molar refractivity (Wildman–Crippen MR) is 125 cm³/mol. The number of aromatic nitrogens is 1. The van der Waals surface area contributed by atoms with Crippen LogP contribution in [0.4, 0.5) is 0 Å². The second-order valence-corrected chi connectivity index (χ2v) is 8.66. The van der Waals surface area contributed by atoms with Crippen molar-refractivity contribution in [1.82, 2.24) is 9.88 Å². The molecule has 0 saturated carbocycles. The fourth-order valence-corrected chi connectivity index (χ4v) is 4.88. The Morgan fingerprint density at radius 1 is 1.03 bits per heavy atom. The number of carboxylic acid groups (broad SMARTS) is 2. The second-order valence-electron chi connectivity index (χ2n) is 8.26. The van der Waals surface area contributed by atoms with Crippen LogP contribution in [0.25, 0.3) is 16.5 Å². The van der Waals surface area contributed by atoms with Gasteiger partial charge in [0.2, 0.25) is 0 Å². The quantitative estimate of drug-likeness (QED) is 0.509. The molecule has 1 aromatic heterocycles. The van der Waals surface area contributed by atoms with E-state index in [1.54, 1.807) is 11.1 Å². The van der Waals surface area contributed by atoms with E-state index in [1.807, 2.05) is 12.1 Å². The predicted octanol–water partition coefficient (Wildman–Crippen LogP) is 4.48. The van der Waals surface area contributed by atoms with Gasteiger partial charge in [-0.15, -0.1) is 0 Å². The summed E-state index contributed by atoms with van der Waals surface area (Å²) in [4.78, 5) is 24.2. The largest absolute Gasteiger partial charge is 0.473 e. The molecule has 0 fully saturated rings. The summed E-state index contributed by atoms with van der Waals surface area (Å²) in [6.45, 7) is 3.40. The van der Waals surface area contributed by atoms with Crippen LogP contribution < -0.4 is 0 Å².